The molecule has 5 rings (SSSR count). The van der Waals surface area contributed by atoms with Gasteiger partial charge in [-0.2, -0.15) is 0 Å². The van der Waals surface area contributed by atoms with Crippen LogP contribution in [0.1, 0.15) is 11.4 Å². The summed E-state index contributed by atoms with van der Waals surface area (Å²) in [6, 6.07) is 19.2. The van der Waals surface area contributed by atoms with Crippen molar-refractivity contribution in [2.24, 2.45) is 5.14 Å². The Morgan fingerprint density at radius 3 is 1.71 bits per heavy atom. The van der Waals surface area contributed by atoms with E-state index in [0.29, 0.717) is 16.5 Å². The standard InChI is InChI=1S/C20H18N10O2S2/c21-34(31,32)20-25-24-19(33-20)28(11-15-13-29(26-22-15)17-7-3-1-4-8-17)12-16-14-30(27-23-16)18-9-5-2-6-10-18/h1-10,13-14H,11-12H2,(H2,21,31,32). The summed E-state index contributed by atoms with van der Waals surface area (Å²) < 4.78 is 26.5. The molecule has 0 fully saturated rings. The smallest absolute Gasteiger partial charge is 0.267 e. The molecule has 0 saturated heterocycles. The molecule has 0 aliphatic heterocycles. The van der Waals surface area contributed by atoms with E-state index in [1.165, 1.54) is 0 Å². The van der Waals surface area contributed by atoms with Crippen LogP contribution in [0.4, 0.5) is 5.13 Å². The molecule has 2 aromatic carbocycles. The number of rotatable bonds is 8. The Kier molecular flexibility index (Phi) is 5.83. The minimum atomic E-state index is -3.97. The number of primary sulfonamides is 1. The Balaban J connectivity index is 1.43. The van der Waals surface area contributed by atoms with Gasteiger partial charge < -0.3 is 4.90 Å². The fourth-order valence-corrected chi connectivity index (χ4v) is 4.60. The van der Waals surface area contributed by atoms with Gasteiger partial charge in [0.05, 0.1) is 36.9 Å². The minimum absolute atomic E-state index is 0.270. The van der Waals surface area contributed by atoms with Crippen LogP contribution in [-0.4, -0.2) is 48.6 Å². The van der Waals surface area contributed by atoms with E-state index in [-0.39, 0.29) is 17.4 Å². The van der Waals surface area contributed by atoms with Crippen LogP contribution in [0.3, 0.4) is 0 Å². The molecule has 0 unspecified atom stereocenters. The molecule has 12 nitrogen and oxygen atoms in total. The number of sulfonamides is 1. The quantitative estimate of drug-likeness (QED) is 0.339. The van der Waals surface area contributed by atoms with E-state index in [4.69, 9.17) is 5.14 Å². The molecule has 0 atom stereocenters. The molecule has 2 N–H and O–H groups in total. The number of hydrogen-bond donors (Lipinski definition) is 1. The van der Waals surface area contributed by atoms with E-state index in [2.05, 4.69) is 30.8 Å². The molecule has 0 aliphatic carbocycles. The maximum Gasteiger partial charge on any atom is 0.267 e. The first-order valence-electron chi connectivity index (χ1n) is 10.0. The van der Waals surface area contributed by atoms with Gasteiger partial charge in [0.1, 0.15) is 11.4 Å². The average molecular weight is 495 g/mol. The summed E-state index contributed by atoms with van der Waals surface area (Å²) in [5.74, 6) is 0. The minimum Gasteiger partial charge on any atom is -0.335 e. The number of nitrogens with zero attached hydrogens (tertiary/aromatic N) is 9. The van der Waals surface area contributed by atoms with Crippen LogP contribution in [0.2, 0.25) is 0 Å². The molecule has 5 aromatic rings. The van der Waals surface area contributed by atoms with Crippen LogP contribution in [-0.2, 0) is 23.1 Å². The van der Waals surface area contributed by atoms with Crippen molar-refractivity contribution in [1.29, 1.82) is 0 Å². The van der Waals surface area contributed by atoms with Gasteiger partial charge >= 0.3 is 0 Å². The van der Waals surface area contributed by atoms with Gasteiger partial charge in [-0.05, 0) is 24.3 Å². The van der Waals surface area contributed by atoms with Crippen molar-refractivity contribution in [3.05, 3.63) is 84.4 Å². The van der Waals surface area contributed by atoms with E-state index in [0.717, 1.165) is 22.7 Å². The fraction of sp³-hybridized carbons (Fsp3) is 0.100. The lowest BCUT2D eigenvalue weighted by atomic mass is 10.3. The highest BCUT2D eigenvalue weighted by Crippen LogP contribution is 2.26. The average Bonchev–Trinajstić information content (AvgIpc) is 3.60. The van der Waals surface area contributed by atoms with Crippen LogP contribution < -0.4 is 10.0 Å². The van der Waals surface area contributed by atoms with Crippen LogP contribution >= 0.6 is 11.3 Å². The Bertz CT molecular complexity index is 1420. The van der Waals surface area contributed by atoms with E-state index in [9.17, 15) is 8.42 Å². The largest absolute Gasteiger partial charge is 0.335 e. The van der Waals surface area contributed by atoms with Crippen LogP contribution in [0.25, 0.3) is 11.4 Å². The summed E-state index contributed by atoms with van der Waals surface area (Å²) in [5.41, 5.74) is 3.02. The van der Waals surface area contributed by atoms with Gasteiger partial charge in [-0.15, -0.1) is 20.4 Å². The van der Waals surface area contributed by atoms with E-state index >= 15 is 0 Å². The zero-order valence-corrected chi connectivity index (χ0v) is 19.2. The van der Waals surface area contributed by atoms with Crippen LogP contribution in [0.15, 0.2) is 77.4 Å². The van der Waals surface area contributed by atoms with Crippen molar-refractivity contribution in [2.45, 2.75) is 17.4 Å². The number of para-hydroxylation sites is 2. The summed E-state index contributed by atoms with van der Waals surface area (Å²) in [6.07, 6.45) is 3.59. The predicted molar refractivity (Wildman–Crippen MR) is 124 cm³/mol. The van der Waals surface area contributed by atoms with Crippen molar-refractivity contribution in [1.82, 2.24) is 40.2 Å². The van der Waals surface area contributed by atoms with E-state index in [1.54, 1.807) is 26.7 Å². The summed E-state index contributed by atoms with van der Waals surface area (Å²) in [7, 11) is -3.97. The second-order valence-electron chi connectivity index (χ2n) is 7.23. The van der Waals surface area contributed by atoms with Gasteiger partial charge in [0, 0.05) is 0 Å². The normalized spacial score (nSPS) is 11.6. The molecule has 172 valence electrons. The third-order valence-electron chi connectivity index (χ3n) is 4.74. The van der Waals surface area contributed by atoms with Gasteiger partial charge in [-0.25, -0.2) is 22.9 Å². The molecule has 34 heavy (non-hydrogen) atoms. The van der Waals surface area contributed by atoms with E-state index < -0.39 is 10.0 Å². The number of benzene rings is 2. The highest BCUT2D eigenvalue weighted by molar-refractivity contribution is 7.91. The summed E-state index contributed by atoms with van der Waals surface area (Å²) in [6.45, 7) is 0.564. The van der Waals surface area contributed by atoms with Gasteiger partial charge in [-0.3, -0.25) is 0 Å². The third kappa shape index (κ3) is 4.83. The summed E-state index contributed by atoms with van der Waals surface area (Å²) in [5, 5.41) is 30.2. The molecule has 3 heterocycles. The number of hydrogen-bond acceptors (Lipinski definition) is 10. The molecule has 0 spiro atoms. The van der Waals surface area contributed by atoms with E-state index in [1.807, 2.05) is 60.7 Å². The molecule has 0 bridgehead atoms. The van der Waals surface area contributed by atoms with Crippen LogP contribution in [0, 0.1) is 0 Å². The van der Waals surface area contributed by atoms with Crippen molar-refractivity contribution in [3.63, 3.8) is 0 Å². The number of anilines is 1. The fourth-order valence-electron chi connectivity index (χ4n) is 3.18. The first kappa shape index (κ1) is 21.8. The Morgan fingerprint density at radius 1 is 0.765 bits per heavy atom. The number of aromatic nitrogens is 8. The lowest BCUT2D eigenvalue weighted by molar-refractivity contribution is 0.595. The third-order valence-corrected chi connectivity index (χ3v) is 7.03. The maximum absolute atomic E-state index is 11.7. The van der Waals surface area contributed by atoms with Gasteiger partial charge in [0.25, 0.3) is 10.0 Å². The topological polar surface area (TPSA) is 151 Å². The van der Waals surface area contributed by atoms with Gasteiger partial charge in [0.2, 0.25) is 9.47 Å². The van der Waals surface area contributed by atoms with Crippen molar-refractivity contribution in [3.8, 4) is 11.4 Å². The SMILES string of the molecule is NS(=O)(=O)c1nnc(N(Cc2cn(-c3ccccc3)nn2)Cc2cn(-c3ccccc3)nn2)s1. The predicted octanol–water partition coefficient (Wildman–Crippen LogP) is 1.55. The highest BCUT2D eigenvalue weighted by atomic mass is 32.2. The Morgan fingerprint density at radius 2 is 1.26 bits per heavy atom. The Labute approximate surface area is 198 Å². The molecule has 0 radical (unpaired) electrons. The molecule has 0 amide bonds. The molecule has 0 aliphatic rings. The second-order valence-corrected chi connectivity index (χ2v) is 9.92. The lowest BCUT2D eigenvalue weighted by Crippen LogP contribution is -2.22. The molecule has 0 saturated carbocycles. The van der Waals surface area contributed by atoms with Crippen LogP contribution in [0.5, 0.6) is 0 Å². The summed E-state index contributed by atoms with van der Waals surface area (Å²) in [4.78, 5) is 1.80. The first-order chi connectivity index (χ1) is 16.5. The molecule has 14 heteroatoms. The maximum atomic E-state index is 11.7. The van der Waals surface area contributed by atoms with Gasteiger partial charge in [0.15, 0.2) is 0 Å². The monoisotopic (exact) mass is 494 g/mol. The van der Waals surface area contributed by atoms with Crippen molar-refractivity contribution >= 4 is 26.5 Å². The van der Waals surface area contributed by atoms with Gasteiger partial charge in [-0.1, -0.05) is 58.2 Å². The van der Waals surface area contributed by atoms with Crippen molar-refractivity contribution in [2.75, 3.05) is 4.90 Å². The first-order valence-corrected chi connectivity index (χ1v) is 12.4. The molecular formula is C20H18N10O2S2. The zero-order valence-electron chi connectivity index (χ0n) is 17.6. The highest BCUT2D eigenvalue weighted by Gasteiger charge is 2.21. The lowest BCUT2D eigenvalue weighted by Gasteiger charge is -2.18. The second kappa shape index (κ2) is 9.09. The molecule has 3 aromatic heterocycles. The molecular weight excluding hydrogens is 476 g/mol. The Hall–Kier alpha value is -4.01. The summed E-state index contributed by atoms with van der Waals surface area (Å²) >= 11 is 0.874. The zero-order chi connectivity index (χ0) is 23.5. The number of nitrogens with two attached hydrogens (primary N) is 1. The van der Waals surface area contributed by atoms with Crippen molar-refractivity contribution < 1.29 is 8.42 Å².